The number of hydrogen-bond acceptors (Lipinski definition) is 3. The number of rotatable bonds is 5. The maximum absolute atomic E-state index is 13.7. The predicted molar refractivity (Wildman–Crippen MR) is 97.7 cm³/mol. The van der Waals surface area contributed by atoms with Crippen molar-refractivity contribution in [3.8, 4) is 0 Å². The Bertz CT molecular complexity index is 855. The van der Waals surface area contributed by atoms with Gasteiger partial charge in [-0.15, -0.1) is 0 Å². The highest BCUT2D eigenvalue weighted by molar-refractivity contribution is 6.31. The van der Waals surface area contributed by atoms with Gasteiger partial charge in [-0.1, -0.05) is 29.8 Å². The van der Waals surface area contributed by atoms with Gasteiger partial charge in [-0.2, -0.15) is 13.2 Å². The van der Waals surface area contributed by atoms with Gasteiger partial charge in [0.05, 0.1) is 6.42 Å². The van der Waals surface area contributed by atoms with Crippen LogP contribution in [0, 0.1) is 0 Å². The van der Waals surface area contributed by atoms with E-state index in [1.165, 1.54) is 18.1 Å². The predicted octanol–water partition coefficient (Wildman–Crippen LogP) is 3.45. The normalized spacial score (nSPS) is 19.6. The van der Waals surface area contributed by atoms with Gasteiger partial charge in [0.25, 0.3) is 0 Å². The number of aliphatic hydroxyl groups is 1. The van der Waals surface area contributed by atoms with Crippen molar-refractivity contribution in [2.24, 2.45) is 7.05 Å². The third-order valence-electron chi connectivity index (χ3n) is 5.18. The molecule has 3 rings (SSSR count). The first-order valence-electron chi connectivity index (χ1n) is 8.93. The number of carbonyl (C=O) groups excluding carboxylic acids is 1. The molecule has 1 N–H and O–H groups in total. The molecule has 152 valence electrons. The van der Waals surface area contributed by atoms with Crippen LogP contribution in [0.2, 0.25) is 5.02 Å². The number of carbonyl (C=O) groups is 1. The number of imidazole rings is 1. The van der Waals surface area contributed by atoms with E-state index in [1.54, 1.807) is 12.1 Å². The molecule has 0 radical (unpaired) electrons. The van der Waals surface area contributed by atoms with Crippen LogP contribution in [0.15, 0.2) is 36.7 Å². The molecule has 1 aromatic carbocycles. The Balaban J connectivity index is 1.82. The first kappa shape index (κ1) is 20.7. The Kier molecular flexibility index (Phi) is 5.72. The molecule has 0 spiro atoms. The molecule has 0 bridgehead atoms. The first-order chi connectivity index (χ1) is 13.1. The molecule has 0 unspecified atom stereocenters. The molecule has 1 amide bonds. The SMILES string of the molecule is Cn1ccnc1[C@@](O)(CC(=O)N1CCC[C@@H]1Cc1ccccc1Cl)C(F)(F)F. The lowest BCUT2D eigenvalue weighted by Crippen LogP contribution is -2.49. The lowest BCUT2D eigenvalue weighted by molar-refractivity contribution is -0.272. The molecule has 1 aromatic heterocycles. The number of likely N-dealkylation sites (tertiary alicyclic amines) is 1. The first-order valence-corrected chi connectivity index (χ1v) is 9.31. The topological polar surface area (TPSA) is 58.4 Å². The fraction of sp³-hybridized carbons (Fsp3) is 0.474. The summed E-state index contributed by atoms with van der Waals surface area (Å²) in [7, 11) is 1.35. The molecular formula is C19H21ClF3N3O2. The van der Waals surface area contributed by atoms with Crippen molar-refractivity contribution in [2.75, 3.05) is 6.54 Å². The zero-order valence-corrected chi connectivity index (χ0v) is 16.0. The standard InChI is InChI=1S/C19H21ClF3N3O2/c1-25-10-8-24-17(25)18(28,19(21,22)23)12-16(27)26-9-4-6-14(26)11-13-5-2-3-7-15(13)20/h2-3,5,7-8,10,14,28H,4,6,9,11-12H2,1H3/t14-,18+/m1/s1. The van der Waals surface area contributed by atoms with E-state index in [-0.39, 0.29) is 6.04 Å². The van der Waals surface area contributed by atoms with E-state index in [4.69, 9.17) is 11.6 Å². The Morgan fingerprint density at radius 1 is 1.36 bits per heavy atom. The zero-order valence-electron chi connectivity index (χ0n) is 15.3. The third kappa shape index (κ3) is 3.89. The second-order valence-electron chi connectivity index (χ2n) is 7.08. The van der Waals surface area contributed by atoms with E-state index < -0.39 is 29.9 Å². The number of hydrogen-bond donors (Lipinski definition) is 1. The van der Waals surface area contributed by atoms with Crippen LogP contribution < -0.4 is 0 Å². The maximum Gasteiger partial charge on any atom is 0.425 e. The molecule has 9 heteroatoms. The van der Waals surface area contributed by atoms with E-state index in [0.29, 0.717) is 30.8 Å². The summed E-state index contributed by atoms with van der Waals surface area (Å²) >= 11 is 6.18. The highest BCUT2D eigenvalue weighted by Gasteiger charge is 2.59. The number of benzene rings is 1. The monoisotopic (exact) mass is 415 g/mol. The van der Waals surface area contributed by atoms with Gasteiger partial charge in [0.1, 0.15) is 0 Å². The van der Waals surface area contributed by atoms with Gasteiger partial charge >= 0.3 is 6.18 Å². The van der Waals surface area contributed by atoms with Crippen LogP contribution in [0.5, 0.6) is 0 Å². The molecule has 2 aromatic rings. The van der Waals surface area contributed by atoms with Crippen LogP contribution in [0.1, 0.15) is 30.7 Å². The van der Waals surface area contributed by atoms with Gasteiger partial charge in [0, 0.05) is 37.1 Å². The van der Waals surface area contributed by atoms with E-state index in [2.05, 4.69) is 4.98 Å². The van der Waals surface area contributed by atoms with Crippen LogP contribution in [-0.4, -0.2) is 44.2 Å². The van der Waals surface area contributed by atoms with Gasteiger partial charge in [-0.3, -0.25) is 4.79 Å². The maximum atomic E-state index is 13.7. The average Bonchev–Trinajstić information content (AvgIpc) is 3.25. The number of amides is 1. The summed E-state index contributed by atoms with van der Waals surface area (Å²) in [5.41, 5.74) is -2.51. The van der Waals surface area contributed by atoms with Crippen LogP contribution >= 0.6 is 11.6 Å². The zero-order chi connectivity index (χ0) is 20.5. The molecule has 5 nitrogen and oxygen atoms in total. The minimum atomic E-state index is -5.04. The van der Waals surface area contributed by atoms with Crippen molar-refractivity contribution >= 4 is 17.5 Å². The Morgan fingerprint density at radius 2 is 2.07 bits per heavy atom. The summed E-state index contributed by atoms with van der Waals surface area (Å²) in [5.74, 6) is -1.35. The number of aromatic nitrogens is 2. The largest absolute Gasteiger partial charge is 0.425 e. The molecule has 1 fully saturated rings. The van der Waals surface area contributed by atoms with Crippen molar-refractivity contribution in [1.29, 1.82) is 0 Å². The van der Waals surface area contributed by atoms with Crippen molar-refractivity contribution in [2.45, 2.75) is 43.5 Å². The summed E-state index contributed by atoms with van der Waals surface area (Å²) in [6.07, 6.45) is -1.88. The van der Waals surface area contributed by atoms with E-state index in [9.17, 15) is 23.1 Å². The van der Waals surface area contributed by atoms with E-state index in [0.717, 1.165) is 16.3 Å². The van der Waals surface area contributed by atoms with Crippen molar-refractivity contribution in [1.82, 2.24) is 14.5 Å². The highest BCUT2D eigenvalue weighted by Crippen LogP contribution is 2.41. The van der Waals surface area contributed by atoms with Crippen LogP contribution in [0.3, 0.4) is 0 Å². The Hall–Kier alpha value is -2.06. The van der Waals surface area contributed by atoms with E-state index >= 15 is 0 Å². The van der Waals surface area contributed by atoms with Gasteiger partial charge in [0.2, 0.25) is 11.5 Å². The second kappa shape index (κ2) is 7.75. The smallest absolute Gasteiger partial charge is 0.374 e. The minimum Gasteiger partial charge on any atom is -0.374 e. The summed E-state index contributed by atoms with van der Waals surface area (Å²) < 4.78 is 42.2. The molecule has 0 saturated carbocycles. The van der Waals surface area contributed by atoms with Gasteiger partial charge in [-0.05, 0) is 30.9 Å². The van der Waals surface area contributed by atoms with Gasteiger partial charge in [-0.25, -0.2) is 4.98 Å². The van der Waals surface area contributed by atoms with Crippen molar-refractivity contribution in [3.63, 3.8) is 0 Å². The van der Waals surface area contributed by atoms with Crippen molar-refractivity contribution < 1.29 is 23.1 Å². The molecule has 2 atom stereocenters. The lowest BCUT2D eigenvalue weighted by Gasteiger charge is -2.32. The van der Waals surface area contributed by atoms with Crippen LogP contribution in [0.25, 0.3) is 0 Å². The number of alkyl halides is 3. The number of halogens is 4. The van der Waals surface area contributed by atoms with Crippen LogP contribution in [-0.2, 0) is 23.9 Å². The molecule has 2 heterocycles. The summed E-state index contributed by atoms with van der Waals surface area (Å²) in [5, 5.41) is 11.0. The molecule has 28 heavy (non-hydrogen) atoms. The summed E-state index contributed by atoms with van der Waals surface area (Å²) in [6.45, 7) is 0.350. The average molecular weight is 416 g/mol. The van der Waals surface area contributed by atoms with Crippen LogP contribution in [0.4, 0.5) is 13.2 Å². The quantitative estimate of drug-likeness (QED) is 0.813. The fourth-order valence-corrected chi connectivity index (χ4v) is 3.90. The minimum absolute atomic E-state index is 0.258. The van der Waals surface area contributed by atoms with E-state index in [1.807, 2.05) is 12.1 Å². The Labute approximate surface area is 165 Å². The van der Waals surface area contributed by atoms with Crippen molar-refractivity contribution in [3.05, 3.63) is 53.1 Å². The molecule has 0 aliphatic carbocycles. The summed E-state index contributed by atoms with van der Waals surface area (Å²) in [4.78, 5) is 17.9. The molecule has 1 aliphatic rings. The van der Waals surface area contributed by atoms with Gasteiger partial charge in [0.15, 0.2) is 5.82 Å². The molecule has 1 saturated heterocycles. The Morgan fingerprint density at radius 3 is 2.68 bits per heavy atom. The fourth-order valence-electron chi connectivity index (χ4n) is 3.68. The summed E-state index contributed by atoms with van der Waals surface area (Å²) in [6, 6.07) is 6.93. The number of nitrogens with zero attached hydrogens (tertiary/aromatic N) is 3. The second-order valence-corrected chi connectivity index (χ2v) is 7.48. The molecule has 1 aliphatic heterocycles. The molecular weight excluding hydrogens is 395 g/mol. The third-order valence-corrected chi connectivity index (χ3v) is 5.55. The highest BCUT2D eigenvalue weighted by atomic mass is 35.5. The number of aryl methyl sites for hydroxylation is 1. The van der Waals surface area contributed by atoms with Gasteiger partial charge < -0.3 is 14.6 Å². The lowest BCUT2D eigenvalue weighted by atomic mass is 9.96.